The summed E-state index contributed by atoms with van der Waals surface area (Å²) in [5, 5.41) is 16.8. The van der Waals surface area contributed by atoms with Crippen LogP contribution in [-0.2, 0) is 7.05 Å². The Kier molecular flexibility index (Phi) is 3.56. The number of aromatic nitrogens is 2. The minimum absolute atomic E-state index is 0.180. The molecular formula is C12H20N4O2. The Morgan fingerprint density at radius 1 is 1.50 bits per heavy atom. The molecule has 0 aromatic carbocycles. The number of amides is 1. The highest BCUT2D eigenvalue weighted by Crippen LogP contribution is 2.20. The quantitative estimate of drug-likeness (QED) is 0.707. The van der Waals surface area contributed by atoms with E-state index in [4.69, 9.17) is 5.73 Å². The summed E-state index contributed by atoms with van der Waals surface area (Å²) in [4.78, 5) is 12.2. The fourth-order valence-corrected chi connectivity index (χ4v) is 2.46. The largest absolute Gasteiger partial charge is 0.395 e. The molecule has 100 valence electrons. The molecule has 1 saturated carbocycles. The Morgan fingerprint density at radius 2 is 2.17 bits per heavy atom. The van der Waals surface area contributed by atoms with Crippen LogP contribution in [0.1, 0.15) is 41.9 Å². The summed E-state index contributed by atoms with van der Waals surface area (Å²) in [7, 11) is 1.69. The van der Waals surface area contributed by atoms with Crippen molar-refractivity contribution in [2.24, 2.45) is 7.05 Å². The van der Waals surface area contributed by atoms with Crippen LogP contribution in [0.2, 0.25) is 0 Å². The van der Waals surface area contributed by atoms with Crippen molar-refractivity contribution in [1.82, 2.24) is 15.1 Å². The van der Waals surface area contributed by atoms with Gasteiger partial charge in [0.1, 0.15) is 5.69 Å². The molecule has 6 heteroatoms. The number of aliphatic hydroxyl groups excluding tert-OH is 1. The van der Waals surface area contributed by atoms with Crippen LogP contribution in [0, 0.1) is 6.92 Å². The predicted octanol–water partition coefficient (Wildman–Crippen LogP) is 0.344. The number of nitrogens with one attached hydrogen (secondary N) is 1. The topological polar surface area (TPSA) is 93.2 Å². The molecule has 4 N–H and O–H groups in total. The number of carbonyl (C=O) groups excluding carboxylic acids is 1. The molecule has 1 aliphatic carbocycles. The molecule has 2 atom stereocenters. The van der Waals surface area contributed by atoms with E-state index >= 15 is 0 Å². The van der Waals surface area contributed by atoms with Gasteiger partial charge in [-0.2, -0.15) is 5.10 Å². The van der Waals surface area contributed by atoms with Crippen LogP contribution in [0.5, 0.6) is 0 Å². The molecule has 1 aromatic rings. The number of nitrogens with two attached hydrogens (primary N) is 1. The first kappa shape index (κ1) is 12.9. The standard InChI is InChI=1S/C12H20N4O2/c1-7-10(13)11(16(2)15-7)12(18)14-8-5-3-4-6-9(8)17/h8-9,17H,3-6,13H2,1-2H3,(H,14,18). The van der Waals surface area contributed by atoms with Gasteiger partial charge in [0.25, 0.3) is 5.91 Å². The van der Waals surface area contributed by atoms with Gasteiger partial charge >= 0.3 is 0 Å². The van der Waals surface area contributed by atoms with E-state index in [2.05, 4.69) is 10.4 Å². The van der Waals surface area contributed by atoms with Crippen LogP contribution < -0.4 is 11.1 Å². The van der Waals surface area contributed by atoms with Crippen molar-refractivity contribution in [3.63, 3.8) is 0 Å². The molecule has 2 rings (SSSR count). The molecule has 0 aliphatic heterocycles. The van der Waals surface area contributed by atoms with Crippen LogP contribution in [0.4, 0.5) is 5.69 Å². The molecule has 0 saturated heterocycles. The van der Waals surface area contributed by atoms with Crippen molar-refractivity contribution in [1.29, 1.82) is 0 Å². The molecule has 1 heterocycles. The zero-order valence-electron chi connectivity index (χ0n) is 10.8. The molecule has 6 nitrogen and oxygen atoms in total. The molecule has 0 bridgehead atoms. The number of carbonyl (C=O) groups is 1. The Morgan fingerprint density at radius 3 is 2.72 bits per heavy atom. The van der Waals surface area contributed by atoms with Crippen molar-refractivity contribution in [3.8, 4) is 0 Å². The molecule has 1 aliphatic rings. The van der Waals surface area contributed by atoms with Gasteiger partial charge in [-0.1, -0.05) is 12.8 Å². The summed E-state index contributed by atoms with van der Waals surface area (Å²) in [6.45, 7) is 1.77. The molecule has 0 spiro atoms. The lowest BCUT2D eigenvalue weighted by Crippen LogP contribution is -2.45. The van der Waals surface area contributed by atoms with Crippen molar-refractivity contribution < 1.29 is 9.90 Å². The number of anilines is 1. The minimum Gasteiger partial charge on any atom is -0.395 e. The normalized spacial score (nSPS) is 23.9. The van der Waals surface area contributed by atoms with E-state index in [1.807, 2.05) is 0 Å². The van der Waals surface area contributed by atoms with Crippen LogP contribution in [0.15, 0.2) is 0 Å². The van der Waals surface area contributed by atoms with Gasteiger partial charge in [-0.25, -0.2) is 0 Å². The van der Waals surface area contributed by atoms with Gasteiger partial charge in [-0.15, -0.1) is 0 Å². The summed E-state index contributed by atoms with van der Waals surface area (Å²) in [5.74, 6) is -0.262. The fourth-order valence-electron chi connectivity index (χ4n) is 2.46. The lowest BCUT2D eigenvalue weighted by atomic mass is 9.92. The summed E-state index contributed by atoms with van der Waals surface area (Å²) < 4.78 is 1.48. The third-order valence-electron chi connectivity index (χ3n) is 3.53. The third-order valence-corrected chi connectivity index (χ3v) is 3.53. The Balaban J connectivity index is 2.12. The number of nitrogen functional groups attached to an aromatic ring is 1. The van der Waals surface area contributed by atoms with Crippen molar-refractivity contribution in [2.45, 2.75) is 44.8 Å². The number of hydrogen-bond donors (Lipinski definition) is 3. The van der Waals surface area contributed by atoms with Gasteiger partial charge in [0.05, 0.1) is 23.5 Å². The second-order valence-electron chi connectivity index (χ2n) is 4.90. The predicted molar refractivity (Wildman–Crippen MR) is 68.1 cm³/mol. The van der Waals surface area contributed by atoms with E-state index in [0.717, 1.165) is 25.7 Å². The van der Waals surface area contributed by atoms with Gasteiger partial charge in [0.2, 0.25) is 0 Å². The molecule has 1 fully saturated rings. The minimum atomic E-state index is -0.460. The first-order chi connectivity index (χ1) is 8.50. The van der Waals surface area contributed by atoms with Gasteiger partial charge in [0, 0.05) is 7.05 Å². The summed E-state index contributed by atoms with van der Waals surface area (Å²) in [6.07, 6.45) is 3.13. The lowest BCUT2D eigenvalue weighted by Gasteiger charge is -2.28. The summed E-state index contributed by atoms with van der Waals surface area (Å²) in [6, 6.07) is -0.180. The zero-order chi connectivity index (χ0) is 13.3. The zero-order valence-corrected chi connectivity index (χ0v) is 10.8. The average molecular weight is 252 g/mol. The van der Waals surface area contributed by atoms with E-state index in [9.17, 15) is 9.90 Å². The van der Waals surface area contributed by atoms with Crippen LogP contribution in [0.3, 0.4) is 0 Å². The second-order valence-corrected chi connectivity index (χ2v) is 4.90. The Hall–Kier alpha value is -1.56. The second kappa shape index (κ2) is 4.97. The molecule has 0 radical (unpaired) electrons. The molecule has 18 heavy (non-hydrogen) atoms. The monoisotopic (exact) mass is 252 g/mol. The van der Waals surface area contributed by atoms with E-state index in [0.29, 0.717) is 17.1 Å². The Bertz CT molecular complexity index is 455. The SMILES string of the molecule is Cc1nn(C)c(C(=O)NC2CCCCC2O)c1N. The maximum atomic E-state index is 12.2. The smallest absolute Gasteiger partial charge is 0.272 e. The molecule has 1 aromatic heterocycles. The molecule has 2 unspecified atom stereocenters. The van der Waals surface area contributed by atoms with Gasteiger partial charge in [-0.3, -0.25) is 9.48 Å². The summed E-state index contributed by atoms with van der Waals surface area (Å²) in [5.41, 5.74) is 7.25. The maximum Gasteiger partial charge on any atom is 0.272 e. The first-order valence-corrected chi connectivity index (χ1v) is 6.28. The number of aryl methyl sites for hydroxylation is 2. The third kappa shape index (κ3) is 2.33. The number of aliphatic hydroxyl groups is 1. The number of hydrogen-bond acceptors (Lipinski definition) is 4. The van der Waals surface area contributed by atoms with E-state index in [-0.39, 0.29) is 11.9 Å². The van der Waals surface area contributed by atoms with Crippen molar-refractivity contribution in [3.05, 3.63) is 11.4 Å². The average Bonchev–Trinajstić information content (AvgIpc) is 2.56. The van der Waals surface area contributed by atoms with Crippen LogP contribution in [-0.4, -0.2) is 32.9 Å². The van der Waals surface area contributed by atoms with E-state index in [1.165, 1.54) is 4.68 Å². The highest BCUT2D eigenvalue weighted by Gasteiger charge is 2.27. The first-order valence-electron chi connectivity index (χ1n) is 6.28. The van der Waals surface area contributed by atoms with Gasteiger partial charge in [0.15, 0.2) is 0 Å². The molecule has 1 amide bonds. The number of rotatable bonds is 2. The fraction of sp³-hybridized carbons (Fsp3) is 0.667. The van der Waals surface area contributed by atoms with Crippen LogP contribution >= 0.6 is 0 Å². The van der Waals surface area contributed by atoms with E-state index in [1.54, 1.807) is 14.0 Å². The van der Waals surface area contributed by atoms with Crippen molar-refractivity contribution in [2.75, 3.05) is 5.73 Å². The van der Waals surface area contributed by atoms with Gasteiger partial charge in [-0.05, 0) is 19.8 Å². The highest BCUT2D eigenvalue weighted by atomic mass is 16.3. The number of nitrogens with zero attached hydrogens (tertiary/aromatic N) is 2. The Labute approximate surface area is 106 Å². The van der Waals surface area contributed by atoms with Gasteiger partial charge < -0.3 is 16.2 Å². The maximum absolute atomic E-state index is 12.2. The summed E-state index contributed by atoms with van der Waals surface area (Å²) >= 11 is 0. The molecular weight excluding hydrogens is 232 g/mol. The van der Waals surface area contributed by atoms with E-state index < -0.39 is 6.10 Å². The van der Waals surface area contributed by atoms with Crippen molar-refractivity contribution >= 4 is 11.6 Å². The lowest BCUT2D eigenvalue weighted by molar-refractivity contribution is 0.0711. The highest BCUT2D eigenvalue weighted by molar-refractivity contribution is 5.98. The van der Waals surface area contributed by atoms with Crippen LogP contribution in [0.25, 0.3) is 0 Å².